The average Bonchev–Trinajstić information content (AvgIpc) is 3.45. The number of rotatable bonds is 17. The maximum absolute atomic E-state index is 13.2. The van der Waals surface area contributed by atoms with Gasteiger partial charge in [0.25, 0.3) is 17.7 Å². The molecule has 0 spiro atoms. The molecule has 1 fully saturated rings. The number of aliphatic carboxylic acids is 1. The number of imide groups is 2. The van der Waals surface area contributed by atoms with Gasteiger partial charge >= 0.3 is 5.97 Å². The molecule has 302 valence electrons. The molecule has 4 aromatic rings. The van der Waals surface area contributed by atoms with Gasteiger partial charge in [-0.2, -0.15) is 9.97 Å². The number of hydrogen-bond acceptors (Lipinski definition) is 16. The number of nitrogen functional groups attached to an aromatic ring is 2. The molecule has 4 heterocycles. The van der Waals surface area contributed by atoms with Gasteiger partial charge in [-0.1, -0.05) is 6.07 Å². The molecule has 2 aromatic heterocycles. The second-order valence-corrected chi connectivity index (χ2v) is 13.4. The van der Waals surface area contributed by atoms with Crippen LogP contribution in [0.1, 0.15) is 62.5 Å². The first kappa shape index (κ1) is 40.4. The highest BCUT2D eigenvalue weighted by molar-refractivity contribution is 6.25. The Bertz CT molecular complexity index is 2290. The molecule has 0 aliphatic carbocycles. The highest BCUT2D eigenvalue weighted by Crippen LogP contribution is 2.32. The Labute approximate surface area is 329 Å². The summed E-state index contributed by atoms with van der Waals surface area (Å²) in [7, 11) is 1.81. The topological polar surface area (TPSA) is 307 Å². The van der Waals surface area contributed by atoms with Crippen molar-refractivity contribution in [2.75, 3.05) is 55.0 Å². The molecule has 1 saturated heterocycles. The number of benzene rings is 2. The first-order chi connectivity index (χ1) is 27.8. The second kappa shape index (κ2) is 17.7. The Morgan fingerprint density at radius 3 is 2.52 bits per heavy atom. The fraction of sp³-hybridized carbons (Fsp3) is 0.324. The minimum absolute atomic E-state index is 0.00414. The van der Waals surface area contributed by atoms with Gasteiger partial charge in [0, 0.05) is 49.9 Å². The Hall–Kier alpha value is -7.29. The predicted octanol–water partition coefficient (Wildman–Crippen LogP) is -0.170. The minimum Gasteiger partial charge on any atom is -0.480 e. The van der Waals surface area contributed by atoms with E-state index in [1.54, 1.807) is 42.6 Å². The largest absolute Gasteiger partial charge is 0.480 e. The molecule has 0 bridgehead atoms. The first-order valence-corrected chi connectivity index (χ1v) is 18.1. The Balaban J connectivity index is 0.893. The Morgan fingerprint density at radius 2 is 1.78 bits per heavy atom. The maximum atomic E-state index is 13.2. The average molecular weight is 797 g/mol. The van der Waals surface area contributed by atoms with Crippen molar-refractivity contribution >= 4 is 75.7 Å². The van der Waals surface area contributed by atoms with Gasteiger partial charge in [0.05, 0.1) is 42.8 Å². The van der Waals surface area contributed by atoms with Crippen LogP contribution < -0.4 is 37.6 Å². The van der Waals surface area contributed by atoms with Crippen molar-refractivity contribution < 1.29 is 43.4 Å². The van der Waals surface area contributed by atoms with Gasteiger partial charge in [0.2, 0.25) is 23.7 Å². The van der Waals surface area contributed by atoms with E-state index in [2.05, 4.69) is 41.2 Å². The van der Waals surface area contributed by atoms with Gasteiger partial charge in [-0.15, -0.1) is 0 Å². The number of carboxylic acid groups (broad SMARTS) is 1. The summed E-state index contributed by atoms with van der Waals surface area (Å²) >= 11 is 0. The number of nitrogens with zero attached hydrogens (tertiary/aromatic N) is 6. The van der Waals surface area contributed by atoms with Gasteiger partial charge < -0.3 is 42.2 Å². The molecular formula is C37H40N12O9. The van der Waals surface area contributed by atoms with E-state index in [1.807, 2.05) is 11.9 Å². The highest BCUT2D eigenvalue weighted by atomic mass is 16.5. The fourth-order valence-corrected chi connectivity index (χ4v) is 6.41. The molecule has 6 amide bonds. The van der Waals surface area contributed by atoms with Crippen molar-refractivity contribution in [3.63, 3.8) is 0 Å². The fourth-order valence-electron chi connectivity index (χ4n) is 6.41. The molecule has 0 saturated carbocycles. The number of piperidine rings is 1. The monoisotopic (exact) mass is 796 g/mol. The van der Waals surface area contributed by atoms with Gasteiger partial charge in [0.15, 0.2) is 17.0 Å². The zero-order chi connectivity index (χ0) is 41.5. The summed E-state index contributed by atoms with van der Waals surface area (Å²) in [5.74, 6) is -4.65. The summed E-state index contributed by atoms with van der Waals surface area (Å²) < 4.78 is 5.56. The van der Waals surface area contributed by atoms with Crippen LogP contribution in [-0.4, -0.2) is 117 Å². The number of carbonyl (C=O) groups excluding carboxylic acids is 6. The third-order valence-electron chi connectivity index (χ3n) is 9.33. The summed E-state index contributed by atoms with van der Waals surface area (Å²) in [5, 5.41) is 20.0. The molecule has 21 nitrogen and oxygen atoms in total. The molecule has 6 rings (SSSR count). The lowest BCUT2D eigenvalue weighted by molar-refractivity contribution is -0.140. The van der Waals surface area contributed by atoms with Crippen molar-refractivity contribution in [3.8, 4) is 0 Å². The van der Waals surface area contributed by atoms with Crippen LogP contribution in [0.15, 0.2) is 48.7 Å². The van der Waals surface area contributed by atoms with Crippen molar-refractivity contribution in [3.05, 3.63) is 71.0 Å². The molecule has 58 heavy (non-hydrogen) atoms. The van der Waals surface area contributed by atoms with E-state index in [-0.39, 0.29) is 86.1 Å². The summed E-state index contributed by atoms with van der Waals surface area (Å²) in [5.41, 5.74) is 14.3. The van der Waals surface area contributed by atoms with Crippen LogP contribution in [0.4, 0.5) is 23.1 Å². The van der Waals surface area contributed by atoms with E-state index >= 15 is 0 Å². The number of amides is 6. The summed E-state index contributed by atoms with van der Waals surface area (Å²) in [6.45, 7) is 1.00. The van der Waals surface area contributed by atoms with Crippen LogP contribution in [0.5, 0.6) is 0 Å². The summed E-state index contributed by atoms with van der Waals surface area (Å²) in [6, 6.07) is 8.81. The van der Waals surface area contributed by atoms with Crippen LogP contribution in [0, 0.1) is 0 Å². The molecular weight excluding hydrogens is 756 g/mol. The van der Waals surface area contributed by atoms with E-state index < -0.39 is 53.5 Å². The summed E-state index contributed by atoms with van der Waals surface area (Å²) in [6.07, 6.45) is 1.28. The van der Waals surface area contributed by atoms with Crippen LogP contribution in [0.25, 0.3) is 11.2 Å². The van der Waals surface area contributed by atoms with E-state index in [4.69, 9.17) is 16.2 Å². The van der Waals surface area contributed by atoms with Crippen molar-refractivity contribution in [1.29, 1.82) is 0 Å². The van der Waals surface area contributed by atoms with Crippen LogP contribution in [-0.2, 0) is 30.5 Å². The number of fused-ring (bicyclic) bond motifs is 2. The predicted molar refractivity (Wildman–Crippen MR) is 206 cm³/mol. The molecule has 2 atom stereocenters. The maximum Gasteiger partial charge on any atom is 0.326 e. The number of ether oxygens (including phenoxy) is 1. The lowest BCUT2D eigenvalue weighted by atomic mass is 10.0. The van der Waals surface area contributed by atoms with Crippen LogP contribution in [0.2, 0.25) is 0 Å². The highest BCUT2D eigenvalue weighted by Gasteiger charge is 2.45. The lowest BCUT2D eigenvalue weighted by Gasteiger charge is -2.27. The van der Waals surface area contributed by atoms with Gasteiger partial charge in [-0.25, -0.2) is 14.8 Å². The molecule has 2 aliphatic rings. The first-order valence-electron chi connectivity index (χ1n) is 18.1. The smallest absolute Gasteiger partial charge is 0.326 e. The number of hydrogen-bond donors (Lipinski definition) is 7. The number of carboxylic acids is 1. The number of nitrogens with two attached hydrogens (primary N) is 2. The van der Waals surface area contributed by atoms with E-state index in [9.17, 15) is 38.7 Å². The Kier molecular flexibility index (Phi) is 12.3. The van der Waals surface area contributed by atoms with E-state index in [0.717, 1.165) is 10.6 Å². The number of carbonyl (C=O) groups is 7. The van der Waals surface area contributed by atoms with Crippen molar-refractivity contribution in [2.45, 2.75) is 44.3 Å². The number of nitrogens with one attached hydrogen (secondary N) is 4. The standard InChI is InChI=1S/C37H40N12O9/c1-48(18-20-17-42-31-29(43-20)30(38)46-37(39)47-31)21-7-5-19(6-8-21)32(52)44-24(36(56)57)9-11-26(50)41-14-16-58-15-13-40-23-4-2-3-22-28(23)35(55)49(34(22)54)25-10-12-27(51)45-33(25)53/h2-8,17,24-25,40H,9-16,18H2,1H3,(H,41,50)(H,44,52)(H,56,57)(H,45,51,53)(H4,38,39,42,46,47)/t24-,25?/m1/s1. The van der Waals surface area contributed by atoms with Gasteiger partial charge in [0.1, 0.15) is 12.1 Å². The number of anilines is 4. The van der Waals surface area contributed by atoms with Crippen LogP contribution in [0.3, 0.4) is 0 Å². The normalized spacial score (nSPS) is 15.5. The lowest BCUT2D eigenvalue weighted by Crippen LogP contribution is -2.54. The Morgan fingerprint density at radius 1 is 1.02 bits per heavy atom. The van der Waals surface area contributed by atoms with E-state index in [0.29, 0.717) is 23.4 Å². The molecule has 9 N–H and O–H groups in total. The molecule has 2 aliphatic heterocycles. The third-order valence-corrected chi connectivity index (χ3v) is 9.33. The van der Waals surface area contributed by atoms with Crippen molar-refractivity contribution in [2.24, 2.45) is 0 Å². The molecule has 0 radical (unpaired) electrons. The van der Waals surface area contributed by atoms with Crippen LogP contribution >= 0.6 is 0 Å². The van der Waals surface area contributed by atoms with E-state index in [1.165, 1.54) is 6.07 Å². The summed E-state index contributed by atoms with van der Waals surface area (Å²) in [4.78, 5) is 107. The molecule has 1 unspecified atom stereocenters. The second-order valence-electron chi connectivity index (χ2n) is 13.4. The third kappa shape index (κ3) is 9.21. The minimum atomic E-state index is -1.32. The van der Waals surface area contributed by atoms with Gasteiger partial charge in [-0.05, 0) is 49.2 Å². The molecule has 21 heteroatoms. The zero-order valence-corrected chi connectivity index (χ0v) is 31.2. The van der Waals surface area contributed by atoms with Gasteiger partial charge in [-0.3, -0.25) is 39.0 Å². The SMILES string of the molecule is CN(Cc1cnc2nc(N)nc(N)c2n1)c1ccc(C(=O)N[C@H](CCC(=O)NCCOCCNc2cccc3c2C(=O)N(C2CCC(=O)NC2=O)C3=O)C(=O)O)cc1. The quantitative estimate of drug-likeness (QED) is 0.0539. The zero-order valence-electron chi connectivity index (χ0n) is 31.2. The van der Waals surface area contributed by atoms with Crippen molar-refractivity contribution in [1.82, 2.24) is 40.8 Å². The molecule has 2 aromatic carbocycles. The number of aromatic nitrogens is 4.